The molecule has 4 nitrogen and oxygen atoms in total. The quantitative estimate of drug-likeness (QED) is 0.823. The van der Waals surface area contributed by atoms with Crippen LogP contribution in [0.15, 0.2) is 0 Å². The van der Waals surface area contributed by atoms with Crippen molar-refractivity contribution in [2.24, 2.45) is 0 Å². The first kappa shape index (κ1) is 11.4. The summed E-state index contributed by atoms with van der Waals surface area (Å²) in [6, 6.07) is 0. The lowest BCUT2D eigenvalue weighted by Crippen LogP contribution is -2.30. The third-order valence-electron chi connectivity index (χ3n) is 3.68. The summed E-state index contributed by atoms with van der Waals surface area (Å²) in [7, 11) is 0. The summed E-state index contributed by atoms with van der Waals surface area (Å²) < 4.78 is 4.50. The lowest BCUT2D eigenvalue weighted by molar-refractivity contribution is 0.310. The predicted octanol–water partition coefficient (Wildman–Crippen LogP) is 1.95. The van der Waals surface area contributed by atoms with Crippen molar-refractivity contribution < 1.29 is 0 Å². The molecule has 5 heteroatoms. The molecule has 94 valence electrons. The van der Waals surface area contributed by atoms with Crippen molar-refractivity contribution in [2.45, 2.75) is 32.1 Å². The van der Waals surface area contributed by atoms with Gasteiger partial charge in [0.15, 0.2) is 0 Å². The zero-order valence-corrected chi connectivity index (χ0v) is 11.2. The van der Waals surface area contributed by atoms with Gasteiger partial charge in [0.1, 0.15) is 5.82 Å². The molecule has 2 heterocycles. The first-order valence-corrected chi connectivity index (χ1v) is 7.45. The van der Waals surface area contributed by atoms with Crippen LogP contribution in [0.2, 0.25) is 0 Å². The number of aromatic nitrogens is 2. The van der Waals surface area contributed by atoms with Crippen LogP contribution in [0.4, 0.5) is 5.13 Å². The Labute approximate surface area is 107 Å². The maximum absolute atomic E-state index is 4.70. The van der Waals surface area contributed by atoms with E-state index in [1.807, 2.05) is 0 Å². The van der Waals surface area contributed by atoms with Crippen LogP contribution in [0.25, 0.3) is 0 Å². The van der Waals surface area contributed by atoms with E-state index in [0.29, 0.717) is 5.92 Å². The molecule has 1 aromatic rings. The molecular formula is C12H20N4S. The highest BCUT2D eigenvalue weighted by atomic mass is 32.1. The molecule has 0 radical (unpaired) electrons. The van der Waals surface area contributed by atoms with Crippen molar-refractivity contribution in [3.05, 3.63) is 5.82 Å². The van der Waals surface area contributed by atoms with Gasteiger partial charge in [0.25, 0.3) is 0 Å². The van der Waals surface area contributed by atoms with Crippen molar-refractivity contribution in [3.63, 3.8) is 0 Å². The van der Waals surface area contributed by atoms with E-state index in [1.54, 1.807) is 11.5 Å². The van der Waals surface area contributed by atoms with Crippen LogP contribution in [0.3, 0.4) is 0 Å². The van der Waals surface area contributed by atoms with E-state index in [-0.39, 0.29) is 0 Å². The Morgan fingerprint density at radius 3 is 2.88 bits per heavy atom. The number of nitrogens with zero attached hydrogens (tertiary/aromatic N) is 4. The Morgan fingerprint density at radius 2 is 2.12 bits per heavy atom. The fourth-order valence-electron chi connectivity index (χ4n) is 2.34. The fraction of sp³-hybridized carbons (Fsp3) is 0.833. The van der Waals surface area contributed by atoms with Crippen LogP contribution >= 0.6 is 11.5 Å². The molecule has 1 aliphatic heterocycles. The summed E-state index contributed by atoms with van der Waals surface area (Å²) in [5, 5.41) is 1.14. The normalized spacial score (nSPS) is 22.8. The van der Waals surface area contributed by atoms with Gasteiger partial charge < -0.3 is 9.80 Å². The van der Waals surface area contributed by atoms with E-state index in [2.05, 4.69) is 21.1 Å². The Balaban J connectivity index is 1.65. The lowest BCUT2D eigenvalue weighted by atomic mass is 10.4. The maximum atomic E-state index is 4.70. The van der Waals surface area contributed by atoms with Crippen LogP contribution in [0.5, 0.6) is 0 Å². The predicted molar refractivity (Wildman–Crippen MR) is 70.8 cm³/mol. The Hall–Kier alpha value is -0.680. The summed E-state index contributed by atoms with van der Waals surface area (Å²) in [6.07, 6.45) is 3.83. The molecule has 0 atom stereocenters. The highest BCUT2D eigenvalue weighted by Gasteiger charge is 2.28. The molecule has 17 heavy (non-hydrogen) atoms. The smallest absolute Gasteiger partial charge is 0.205 e. The highest BCUT2D eigenvalue weighted by molar-refractivity contribution is 7.09. The van der Waals surface area contributed by atoms with Crippen molar-refractivity contribution in [2.75, 3.05) is 37.6 Å². The van der Waals surface area contributed by atoms with Gasteiger partial charge in [-0.05, 0) is 32.4 Å². The zero-order valence-electron chi connectivity index (χ0n) is 10.4. The number of anilines is 1. The number of rotatable bonds is 3. The van der Waals surface area contributed by atoms with E-state index < -0.39 is 0 Å². The van der Waals surface area contributed by atoms with E-state index in [4.69, 9.17) is 4.98 Å². The second-order valence-electron chi connectivity index (χ2n) is 4.98. The third kappa shape index (κ3) is 2.60. The molecule has 0 spiro atoms. The monoisotopic (exact) mass is 252 g/mol. The zero-order chi connectivity index (χ0) is 11.7. The Morgan fingerprint density at radius 1 is 1.24 bits per heavy atom. The Kier molecular flexibility index (Phi) is 3.29. The van der Waals surface area contributed by atoms with Gasteiger partial charge in [0, 0.05) is 37.1 Å². The number of hydrogen-bond acceptors (Lipinski definition) is 5. The number of likely N-dealkylation sites (N-methyl/N-ethyl adjacent to an activating group) is 1. The molecule has 1 aromatic heterocycles. The Bertz CT molecular complexity index is 374. The first-order chi connectivity index (χ1) is 8.36. The molecule has 1 aliphatic carbocycles. The molecule has 2 fully saturated rings. The fourth-order valence-corrected chi connectivity index (χ4v) is 3.14. The second-order valence-corrected chi connectivity index (χ2v) is 5.71. The molecule has 2 aliphatic rings. The SMILES string of the molecule is CCN1CCCN(c2nc(C3CC3)ns2)CC1. The van der Waals surface area contributed by atoms with Gasteiger partial charge in [0.05, 0.1) is 0 Å². The first-order valence-electron chi connectivity index (χ1n) is 6.67. The van der Waals surface area contributed by atoms with Crippen molar-refractivity contribution in [1.82, 2.24) is 14.3 Å². The maximum Gasteiger partial charge on any atom is 0.205 e. The van der Waals surface area contributed by atoms with Gasteiger partial charge >= 0.3 is 0 Å². The molecular weight excluding hydrogens is 232 g/mol. The van der Waals surface area contributed by atoms with Crippen LogP contribution in [-0.4, -0.2) is 47.0 Å². The van der Waals surface area contributed by atoms with Crippen molar-refractivity contribution in [3.8, 4) is 0 Å². The van der Waals surface area contributed by atoms with E-state index in [0.717, 1.165) is 37.1 Å². The van der Waals surface area contributed by atoms with Crippen LogP contribution < -0.4 is 4.90 Å². The van der Waals surface area contributed by atoms with Gasteiger partial charge in [0.2, 0.25) is 5.13 Å². The molecule has 0 N–H and O–H groups in total. The van der Waals surface area contributed by atoms with Gasteiger partial charge in [-0.25, -0.2) is 4.98 Å². The molecule has 1 saturated carbocycles. The molecule has 1 saturated heterocycles. The van der Waals surface area contributed by atoms with Gasteiger partial charge in [-0.2, -0.15) is 4.37 Å². The topological polar surface area (TPSA) is 32.3 Å². The average molecular weight is 252 g/mol. The van der Waals surface area contributed by atoms with Crippen LogP contribution in [-0.2, 0) is 0 Å². The summed E-state index contributed by atoms with van der Waals surface area (Å²) >= 11 is 1.59. The van der Waals surface area contributed by atoms with E-state index >= 15 is 0 Å². The lowest BCUT2D eigenvalue weighted by Gasteiger charge is -2.19. The van der Waals surface area contributed by atoms with Crippen molar-refractivity contribution in [1.29, 1.82) is 0 Å². The highest BCUT2D eigenvalue weighted by Crippen LogP contribution is 2.39. The minimum absolute atomic E-state index is 0.680. The average Bonchev–Trinajstić information content (AvgIpc) is 3.13. The molecule has 0 aromatic carbocycles. The molecule has 0 unspecified atom stereocenters. The third-order valence-corrected chi connectivity index (χ3v) is 4.47. The minimum Gasteiger partial charge on any atom is -0.346 e. The minimum atomic E-state index is 0.680. The molecule has 0 amide bonds. The summed E-state index contributed by atoms with van der Waals surface area (Å²) in [6.45, 7) is 8.03. The largest absolute Gasteiger partial charge is 0.346 e. The van der Waals surface area contributed by atoms with Gasteiger partial charge in [-0.3, -0.25) is 0 Å². The number of hydrogen-bond donors (Lipinski definition) is 0. The van der Waals surface area contributed by atoms with Gasteiger partial charge in [-0.15, -0.1) is 0 Å². The second kappa shape index (κ2) is 4.90. The van der Waals surface area contributed by atoms with E-state index in [9.17, 15) is 0 Å². The van der Waals surface area contributed by atoms with Crippen LogP contribution in [0.1, 0.15) is 37.9 Å². The van der Waals surface area contributed by atoms with Crippen LogP contribution in [0, 0.1) is 0 Å². The standard InChI is InChI=1S/C12H20N4S/c1-2-15-6-3-7-16(9-8-15)12-13-11(14-17-12)10-4-5-10/h10H,2-9H2,1H3. The molecule has 3 rings (SSSR count). The molecule has 0 bridgehead atoms. The van der Waals surface area contributed by atoms with Crippen molar-refractivity contribution >= 4 is 16.7 Å². The summed E-state index contributed by atoms with van der Waals surface area (Å²) in [4.78, 5) is 9.64. The summed E-state index contributed by atoms with van der Waals surface area (Å²) in [5.74, 6) is 1.78. The summed E-state index contributed by atoms with van der Waals surface area (Å²) in [5.41, 5.74) is 0. The van der Waals surface area contributed by atoms with Gasteiger partial charge in [-0.1, -0.05) is 6.92 Å². The van der Waals surface area contributed by atoms with E-state index in [1.165, 1.54) is 25.8 Å².